The first-order chi connectivity index (χ1) is 15.3. The van der Waals surface area contributed by atoms with Gasteiger partial charge in [-0.3, -0.25) is 14.4 Å². The number of hydrogen-bond acceptors (Lipinski definition) is 5. The Morgan fingerprint density at radius 1 is 0.719 bits per heavy atom. The fraction of sp³-hybridized carbons (Fsp3) is 0.846. The molecule has 0 heterocycles. The third-order valence-electron chi connectivity index (χ3n) is 5.90. The lowest BCUT2D eigenvalue weighted by Crippen LogP contribution is -2.24. The van der Waals surface area contributed by atoms with Gasteiger partial charge in [0.2, 0.25) is 0 Å². The zero-order valence-corrected chi connectivity index (χ0v) is 20.7. The fourth-order valence-electron chi connectivity index (χ4n) is 3.98. The first kappa shape index (κ1) is 30.3. The van der Waals surface area contributed by atoms with E-state index in [0.29, 0.717) is 19.3 Å². The summed E-state index contributed by atoms with van der Waals surface area (Å²) in [5, 5.41) is 9.52. The second-order valence-electron chi connectivity index (χ2n) is 9.00. The molecule has 186 valence electrons. The van der Waals surface area contributed by atoms with E-state index in [1.807, 2.05) is 0 Å². The van der Waals surface area contributed by atoms with Gasteiger partial charge < -0.3 is 14.6 Å². The van der Waals surface area contributed by atoms with Crippen LogP contribution in [-0.4, -0.2) is 35.2 Å². The molecule has 0 amide bonds. The molecule has 2 atom stereocenters. The molecule has 6 heteroatoms. The molecule has 0 aliphatic heterocycles. The third-order valence-corrected chi connectivity index (χ3v) is 5.90. The predicted octanol–water partition coefficient (Wildman–Crippen LogP) is 6.29. The summed E-state index contributed by atoms with van der Waals surface area (Å²) in [7, 11) is 0. The van der Waals surface area contributed by atoms with Crippen LogP contribution in [0.1, 0.15) is 124 Å². The Bertz CT molecular complexity index is 542. The molecule has 0 aromatic heterocycles. The van der Waals surface area contributed by atoms with Crippen LogP contribution in [0.3, 0.4) is 0 Å². The van der Waals surface area contributed by atoms with Crippen molar-refractivity contribution >= 4 is 23.5 Å². The van der Waals surface area contributed by atoms with E-state index >= 15 is 0 Å². The van der Waals surface area contributed by atoms with Gasteiger partial charge in [0.05, 0.1) is 18.4 Å². The van der Waals surface area contributed by atoms with Crippen LogP contribution in [0.5, 0.6) is 0 Å². The molecule has 32 heavy (non-hydrogen) atoms. The molecule has 0 aromatic rings. The maximum atomic E-state index is 12.6. The van der Waals surface area contributed by atoms with Crippen molar-refractivity contribution in [1.29, 1.82) is 0 Å². The van der Waals surface area contributed by atoms with E-state index in [2.05, 4.69) is 6.92 Å². The molecule has 0 radical (unpaired) electrons. The van der Waals surface area contributed by atoms with Gasteiger partial charge in [-0.1, -0.05) is 71.1 Å². The standard InChI is InChI=1S/C26H46O6/c1-4-6-7-8-9-10-11-14-17-22(25(29)30)19-24(28)20-23(26(31)32-5-2)18-15-12-13-16-21(3)27/h22-23H,4-20H2,1-3H3,(H,29,30). The Labute approximate surface area is 194 Å². The van der Waals surface area contributed by atoms with Crippen molar-refractivity contribution in [2.24, 2.45) is 11.8 Å². The lowest BCUT2D eigenvalue weighted by Gasteiger charge is -2.17. The van der Waals surface area contributed by atoms with Gasteiger partial charge in [0.1, 0.15) is 11.6 Å². The lowest BCUT2D eigenvalue weighted by atomic mass is 9.89. The summed E-state index contributed by atoms with van der Waals surface area (Å²) < 4.78 is 5.12. The largest absolute Gasteiger partial charge is 0.481 e. The molecule has 2 unspecified atom stereocenters. The quantitative estimate of drug-likeness (QED) is 0.153. The fourth-order valence-corrected chi connectivity index (χ4v) is 3.98. The molecule has 0 aromatic carbocycles. The van der Waals surface area contributed by atoms with Crippen molar-refractivity contribution < 1.29 is 29.0 Å². The molecular weight excluding hydrogens is 408 g/mol. The number of unbranched alkanes of at least 4 members (excludes halogenated alkanes) is 9. The van der Waals surface area contributed by atoms with E-state index in [1.54, 1.807) is 13.8 Å². The third kappa shape index (κ3) is 16.9. The second-order valence-corrected chi connectivity index (χ2v) is 9.00. The number of ether oxygens (including phenoxy) is 1. The van der Waals surface area contributed by atoms with Crippen LogP contribution < -0.4 is 0 Å². The highest BCUT2D eigenvalue weighted by Gasteiger charge is 2.26. The number of aliphatic carboxylic acids is 1. The van der Waals surface area contributed by atoms with Crippen LogP contribution in [-0.2, 0) is 23.9 Å². The van der Waals surface area contributed by atoms with E-state index in [1.165, 1.54) is 32.1 Å². The zero-order valence-electron chi connectivity index (χ0n) is 20.7. The number of rotatable bonds is 22. The van der Waals surface area contributed by atoms with Crippen LogP contribution in [0, 0.1) is 11.8 Å². The van der Waals surface area contributed by atoms with Crippen LogP contribution in [0.15, 0.2) is 0 Å². The minimum Gasteiger partial charge on any atom is -0.481 e. The van der Waals surface area contributed by atoms with Crippen LogP contribution in [0.2, 0.25) is 0 Å². The Balaban J connectivity index is 4.44. The number of carbonyl (C=O) groups excluding carboxylic acids is 3. The van der Waals surface area contributed by atoms with Crippen molar-refractivity contribution in [2.45, 2.75) is 124 Å². The van der Waals surface area contributed by atoms with Crippen molar-refractivity contribution in [3.05, 3.63) is 0 Å². The smallest absolute Gasteiger partial charge is 0.309 e. The minimum absolute atomic E-state index is 0.0218. The summed E-state index contributed by atoms with van der Waals surface area (Å²) in [6, 6.07) is 0. The molecule has 0 spiro atoms. The van der Waals surface area contributed by atoms with Gasteiger partial charge >= 0.3 is 11.9 Å². The number of esters is 1. The summed E-state index contributed by atoms with van der Waals surface area (Å²) in [5.41, 5.74) is 0. The topological polar surface area (TPSA) is 97.7 Å². The van der Waals surface area contributed by atoms with E-state index in [4.69, 9.17) is 4.74 Å². The number of carboxylic acids is 1. The summed E-state index contributed by atoms with van der Waals surface area (Å²) >= 11 is 0. The van der Waals surface area contributed by atoms with Crippen LogP contribution >= 0.6 is 0 Å². The van der Waals surface area contributed by atoms with Crippen LogP contribution in [0.4, 0.5) is 0 Å². The Morgan fingerprint density at radius 2 is 1.22 bits per heavy atom. The van der Waals surface area contributed by atoms with Gasteiger partial charge in [-0.25, -0.2) is 0 Å². The maximum Gasteiger partial charge on any atom is 0.309 e. The molecule has 0 fully saturated rings. The number of Topliss-reactive ketones (excluding diaryl/α,β-unsaturated/α-hetero) is 2. The van der Waals surface area contributed by atoms with Crippen molar-refractivity contribution in [1.82, 2.24) is 0 Å². The van der Waals surface area contributed by atoms with E-state index < -0.39 is 17.8 Å². The normalized spacial score (nSPS) is 12.8. The summed E-state index contributed by atoms with van der Waals surface area (Å²) in [4.78, 5) is 47.5. The first-order valence-corrected chi connectivity index (χ1v) is 12.7. The molecule has 6 nitrogen and oxygen atoms in total. The maximum absolute atomic E-state index is 12.6. The first-order valence-electron chi connectivity index (χ1n) is 12.7. The van der Waals surface area contributed by atoms with Gasteiger partial charge in [0.15, 0.2) is 0 Å². The number of carboxylic acid groups (broad SMARTS) is 1. The predicted molar refractivity (Wildman–Crippen MR) is 126 cm³/mol. The van der Waals surface area contributed by atoms with E-state index in [0.717, 1.165) is 38.5 Å². The second kappa shape index (κ2) is 19.9. The van der Waals surface area contributed by atoms with Gasteiger partial charge in [0.25, 0.3) is 0 Å². The minimum atomic E-state index is -0.932. The van der Waals surface area contributed by atoms with Crippen molar-refractivity contribution in [3.63, 3.8) is 0 Å². The van der Waals surface area contributed by atoms with Gasteiger partial charge in [0, 0.05) is 19.3 Å². The van der Waals surface area contributed by atoms with E-state index in [9.17, 15) is 24.3 Å². The summed E-state index contributed by atoms with van der Waals surface area (Å²) in [6.07, 6.45) is 13.0. The summed E-state index contributed by atoms with van der Waals surface area (Å²) in [5.74, 6) is -2.56. The van der Waals surface area contributed by atoms with E-state index in [-0.39, 0.29) is 37.0 Å². The molecule has 0 aliphatic carbocycles. The molecule has 0 saturated carbocycles. The molecule has 0 rings (SSSR count). The lowest BCUT2D eigenvalue weighted by molar-refractivity contribution is -0.150. The number of hydrogen-bond donors (Lipinski definition) is 1. The SMILES string of the molecule is CCCCCCCCCCC(CC(=O)CC(CCCCCC(C)=O)C(=O)OCC)C(=O)O. The van der Waals surface area contributed by atoms with Crippen molar-refractivity contribution in [2.75, 3.05) is 6.61 Å². The van der Waals surface area contributed by atoms with Crippen molar-refractivity contribution in [3.8, 4) is 0 Å². The summed E-state index contributed by atoms with van der Waals surface area (Å²) in [6.45, 7) is 5.74. The average Bonchev–Trinajstić information content (AvgIpc) is 2.73. The monoisotopic (exact) mass is 454 g/mol. The molecule has 0 aliphatic rings. The zero-order chi connectivity index (χ0) is 24.2. The molecular formula is C26H46O6. The number of ketones is 2. The van der Waals surface area contributed by atoms with Gasteiger partial charge in [-0.05, 0) is 33.1 Å². The molecule has 0 saturated heterocycles. The highest BCUT2D eigenvalue weighted by atomic mass is 16.5. The highest BCUT2D eigenvalue weighted by Crippen LogP contribution is 2.22. The van der Waals surface area contributed by atoms with Gasteiger partial charge in [-0.15, -0.1) is 0 Å². The Hall–Kier alpha value is -1.72. The Kier molecular flexibility index (Phi) is 18.9. The Morgan fingerprint density at radius 3 is 1.75 bits per heavy atom. The molecule has 1 N–H and O–H groups in total. The average molecular weight is 455 g/mol. The molecule has 0 bridgehead atoms. The van der Waals surface area contributed by atoms with Gasteiger partial charge in [-0.2, -0.15) is 0 Å². The van der Waals surface area contributed by atoms with Crippen LogP contribution in [0.25, 0.3) is 0 Å². The number of carbonyl (C=O) groups is 4. The highest BCUT2D eigenvalue weighted by molar-refractivity contribution is 5.87.